The molecular weight excluding hydrogens is 186 g/mol. The molecule has 90 valence electrons. The van der Waals surface area contributed by atoms with Crippen LogP contribution in [-0.4, -0.2) is 30.5 Å². The highest BCUT2D eigenvalue weighted by atomic mass is 15.2. The van der Waals surface area contributed by atoms with E-state index in [1.807, 2.05) is 0 Å². The lowest BCUT2D eigenvalue weighted by atomic mass is 10.1. The molecule has 2 N–H and O–H groups in total. The van der Waals surface area contributed by atoms with Crippen molar-refractivity contribution in [1.29, 1.82) is 0 Å². The zero-order valence-corrected chi connectivity index (χ0v) is 11.0. The second-order valence-electron chi connectivity index (χ2n) is 4.64. The van der Waals surface area contributed by atoms with Gasteiger partial charge < -0.3 is 10.6 Å². The Labute approximate surface area is 94.7 Å². The predicted octanol–water partition coefficient (Wildman–Crippen LogP) is 2.33. The van der Waals surface area contributed by atoms with E-state index < -0.39 is 0 Å². The summed E-state index contributed by atoms with van der Waals surface area (Å²) >= 11 is 0. The average Bonchev–Trinajstić information content (AvgIpc) is 2.21. The van der Waals surface area contributed by atoms with Gasteiger partial charge in [-0.1, -0.05) is 34.1 Å². The first kappa shape index (κ1) is 14.3. The standard InChI is InChI=1S/C12H27N3/c1-6-11(5)9-15(7-2)12(13)14-8-10(3)4/h10-11H,6-9H2,1-5H3,(H2,13,14). The predicted molar refractivity (Wildman–Crippen MR) is 68.0 cm³/mol. The molecule has 0 radical (unpaired) electrons. The summed E-state index contributed by atoms with van der Waals surface area (Å²) in [6.07, 6.45) is 1.19. The first-order valence-corrected chi connectivity index (χ1v) is 6.06. The molecule has 0 aromatic heterocycles. The molecule has 0 aliphatic rings. The highest BCUT2D eigenvalue weighted by molar-refractivity contribution is 5.78. The second kappa shape index (κ2) is 7.55. The van der Waals surface area contributed by atoms with Gasteiger partial charge in [0.05, 0.1) is 0 Å². The van der Waals surface area contributed by atoms with Gasteiger partial charge in [-0.15, -0.1) is 0 Å². The van der Waals surface area contributed by atoms with E-state index in [9.17, 15) is 0 Å². The van der Waals surface area contributed by atoms with Crippen molar-refractivity contribution in [2.24, 2.45) is 22.6 Å². The maximum Gasteiger partial charge on any atom is 0.191 e. The van der Waals surface area contributed by atoms with Crippen LogP contribution in [0.4, 0.5) is 0 Å². The third-order valence-electron chi connectivity index (χ3n) is 2.55. The van der Waals surface area contributed by atoms with Crippen LogP contribution in [0.3, 0.4) is 0 Å². The molecule has 0 amide bonds. The largest absolute Gasteiger partial charge is 0.370 e. The number of nitrogens with zero attached hydrogens (tertiary/aromatic N) is 2. The van der Waals surface area contributed by atoms with Gasteiger partial charge >= 0.3 is 0 Å². The van der Waals surface area contributed by atoms with Crippen LogP contribution in [0.1, 0.15) is 41.0 Å². The fourth-order valence-electron chi connectivity index (χ4n) is 1.27. The van der Waals surface area contributed by atoms with E-state index in [2.05, 4.69) is 44.5 Å². The molecule has 0 rings (SSSR count). The summed E-state index contributed by atoms with van der Waals surface area (Å²) in [5.74, 6) is 1.95. The Balaban J connectivity index is 4.20. The van der Waals surface area contributed by atoms with Crippen LogP contribution < -0.4 is 5.73 Å². The zero-order valence-electron chi connectivity index (χ0n) is 11.0. The highest BCUT2D eigenvalue weighted by Gasteiger charge is 2.09. The summed E-state index contributed by atoms with van der Waals surface area (Å²) in [6.45, 7) is 13.7. The van der Waals surface area contributed by atoms with E-state index >= 15 is 0 Å². The minimum absolute atomic E-state index is 0.575. The number of hydrogen-bond acceptors (Lipinski definition) is 1. The Morgan fingerprint density at radius 2 is 1.87 bits per heavy atom. The van der Waals surface area contributed by atoms with Crippen LogP contribution in [0.2, 0.25) is 0 Å². The number of nitrogens with two attached hydrogens (primary N) is 1. The summed E-state index contributed by atoms with van der Waals surface area (Å²) in [5.41, 5.74) is 5.96. The number of hydrogen-bond donors (Lipinski definition) is 1. The van der Waals surface area contributed by atoms with Gasteiger partial charge in [0.15, 0.2) is 5.96 Å². The molecule has 0 aromatic carbocycles. The molecule has 0 fully saturated rings. The van der Waals surface area contributed by atoms with Crippen molar-refractivity contribution in [3.8, 4) is 0 Å². The lowest BCUT2D eigenvalue weighted by molar-refractivity contribution is 0.354. The van der Waals surface area contributed by atoms with Crippen LogP contribution in [-0.2, 0) is 0 Å². The normalized spacial score (nSPS) is 14.4. The monoisotopic (exact) mass is 213 g/mol. The second-order valence-corrected chi connectivity index (χ2v) is 4.64. The maximum atomic E-state index is 5.96. The SMILES string of the molecule is CCC(C)CN(CC)C(N)=NCC(C)C. The van der Waals surface area contributed by atoms with E-state index in [1.54, 1.807) is 0 Å². The molecule has 0 bridgehead atoms. The Bertz CT molecular complexity index is 187. The summed E-state index contributed by atoms with van der Waals surface area (Å²) < 4.78 is 0. The van der Waals surface area contributed by atoms with Crippen molar-refractivity contribution >= 4 is 5.96 Å². The number of guanidine groups is 1. The molecule has 0 saturated carbocycles. The van der Waals surface area contributed by atoms with Gasteiger partial charge in [0, 0.05) is 19.6 Å². The first-order chi connectivity index (χ1) is 7.01. The summed E-state index contributed by atoms with van der Waals surface area (Å²) in [7, 11) is 0. The highest BCUT2D eigenvalue weighted by Crippen LogP contribution is 2.04. The van der Waals surface area contributed by atoms with Gasteiger partial charge in [-0.2, -0.15) is 0 Å². The Morgan fingerprint density at radius 1 is 1.27 bits per heavy atom. The quantitative estimate of drug-likeness (QED) is 0.543. The fourth-order valence-corrected chi connectivity index (χ4v) is 1.27. The van der Waals surface area contributed by atoms with Crippen LogP contribution in [0, 0.1) is 11.8 Å². The third-order valence-corrected chi connectivity index (χ3v) is 2.55. The first-order valence-electron chi connectivity index (χ1n) is 6.06. The van der Waals surface area contributed by atoms with Crippen LogP contribution >= 0.6 is 0 Å². The van der Waals surface area contributed by atoms with Crippen molar-refractivity contribution in [2.45, 2.75) is 41.0 Å². The average molecular weight is 213 g/mol. The zero-order chi connectivity index (χ0) is 11.8. The van der Waals surface area contributed by atoms with E-state index in [0.29, 0.717) is 17.8 Å². The summed E-state index contributed by atoms with van der Waals surface area (Å²) in [4.78, 5) is 6.57. The smallest absolute Gasteiger partial charge is 0.191 e. The van der Waals surface area contributed by atoms with Crippen molar-refractivity contribution < 1.29 is 0 Å². The lowest BCUT2D eigenvalue weighted by Crippen LogP contribution is -2.40. The molecule has 0 heterocycles. The Morgan fingerprint density at radius 3 is 2.27 bits per heavy atom. The molecule has 3 nitrogen and oxygen atoms in total. The van der Waals surface area contributed by atoms with Crippen molar-refractivity contribution in [3.63, 3.8) is 0 Å². The molecule has 1 atom stereocenters. The van der Waals surface area contributed by atoms with Gasteiger partial charge in [-0.05, 0) is 18.8 Å². The number of rotatable bonds is 6. The van der Waals surface area contributed by atoms with Crippen molar-refractivity contribution in [1.82, 2.24) is 4.90 Å². The number of aliphatic imine (C=N–C) groups is 1. The van der Waals surface area contributed by atoms with Gasteiger partial charge in [0.2, 0.25) is 0 Å². The maximum absolute atomic E-state index is 5.96. The summed E-state index contributed by atoms with van der Waals surface area (Å²) in [5, 5.41) is 0. The molecule has 0 aliphatic carbocycles. The van der Waals surface area contributed by atoms with Crippen LogP contribution in [0.5, 0.6) is 0 Å². The molecule has 3 heteroatoms. The van der Waals surface area contributed by atoms with Gasteiger partial charge in [0.1, 0.15) is 0 Å². The Hall–Kier alpha value is -0.730. The van der Waals surface area contributed by atoms with E-state index in [-0.39, 0.29) is 0 Å². The van der Waals surface area contributed by atoms with E-state index in [1.165, 1.54) is 6.42 Å². The molecule has 0 aromatic rings. The third kappa shape index (κ3) is 6.37. The minimum Gasteiger partial charge on any atom is -0.370 e. The topological polar surface area (TPSA) is 41.6 Å². The van der Waals surface area contributed by atoms with E-state index in [0.717, 1.165) is 19.6 Å². The molecule has 0 aliphatic heterocycles. The van der Waals surface area contributed by atoms with Crippen molar-refractivity contribution in [3.05, 3.63) is 0 Å². The molecule has 0 spiro atoms. The summed E-state index contributed by atoms with van der Waals surface area (Å²) in [6, 6.07) is 0. The van der Waals surface area contributed by atoms with Gasteiger partial charge in [-0.3, -0.25) is 4.99 Å². The molecule has 15 heavy (non-hydrogen) atoms. The van der Waals surface area contributed by atoms with E-state index in [4.69, 9.17) is 5.73 Å². The van der Waals surface area contributed by atoms with Crippen LogP contribution in [0.15, 0.2) is 4.99 Å². The molecule has 1 unspecified atom stereocenters. The minimum atomic E-state index is 0.575. The fraction of sp³-hybridized carbons (Fsp3) is 0.917. The van der Waals surface area contributed by atoms with Crippen molar-refractivity contribution in [2.75, 3.05) is 19.6 Å². The molecule has 0 saturated heterocycles. The lowest BCUT2D eigenvalue weighted by Gasteiger charge is -2.25. The Kier molecular flexibility index (Phi) is 7.18. The van der Waals surface area contributed by atoms with Gasteiger partial charge in [-0.25, -0.2) is 0 Å². The van der Waals surface area contributed by atoms with Crippen LogP contribution in [0.25, 0.3) is 0 Å². The van der Waals surface area contributed by atoms with Gasteiger partial charge in [0.25, 0.3) is 0 Å². The molecular formula is C12H27N3.